The molecule has 3 aromatic rings. The van der Waals surface area contributed by atoms with Gasteiger partial charge in [0.1, 0.15) is 17.7 Å². The van der Waals surface area contributed by atoms with E-state index in [1.54, 1.807) is 35.2 Å². The van der Waals surface area contributed by atoms with Gasteiger partial charge in [0, 0.05) is 55.7 Å². The summed E-state index contributed by atoms with van der Waals surface area (Å²) >= 11 is 0. The number of carboxylic acid groups (broad SMARTS) is 1. The Morgan fingerprint density at radius 2 is 1.92 bits per heavy atom. The second kappa shape index (κ2) is 9.59. The van der Waals surface area contributed by atoms with E-state index in [0.717, 1.165) is 0 Å². The predicted octanol–water partition coefficient (Wildman–Crippen LogP) is 2.75. The van der Waals surface area contributed by atoms with Crippen molar-refractivity contribution in [3.8, 4) is 17.2 Å². The largest absolute Gasteiger partial charge is 0.508 e. The van der Waals surface area contributed by atoms with Crippen molar-refractivity contribution >= 4 is 17.3 Å². The number of nitrogens with zero attached hydrogens (tertiary/aromatic N) is 5. The van der Waals surface area contributed by atoms with Crippen molar-refractivity contribution in [1.82, 2.24) is 15.1 Å². The summed E-state index contributed by atoms with van der Waals surface area (Å²) in [6.07, 6.45) is 0.0181. The van der Waals surface area contributed by atoms with Crippen LogP contribution in [-0.4, -0.2) is 69.1 Å². The van der Waals surface area contributed by atoms with E-state index in [0.29, 0.717) is 68.0 Å². The number of phenolic OH excluding ortho intramolecular Hbond substituents is 1. The van der Waals surface area contributed by atoms with Crippen LogP contribution in [0.3, 0.4) is 0 Å². The van der Waals surface area contributed by atoms with E-state index < -0.39 is 17.9 Å². The van der Waals surface area contributed by atoms with E-state index in [1.165, 1.54) is 12.3 Å². The second-order valence-electron chi connectivity index (χ2n) is 8.76. The number of aliphatic carboxylic acids is 1. The first-order valence-electron chi connectivity index (χ1n) is 11.7. The number of carboxylic acids is 1. The summed E-state index contributed by atoms with van der Waals surface area (Å²) in [4.78, 5) is 17.3. The van der Waals surface area contributed by atoms with Crippen LogP contribution in [0.1, 0.15) is 24.5 Å². The average molecular weight is 496 g/mol. The van der Waals surface area contributed by atoms with Gasteiger partial charge in [0.25, 0.3) is 0 Å². The van der Waals surface area contributed by atoms with Crippen molar-refractivity contribution in [2.24, 2.45) is 0 Å². The van der Waals surface area contributed by atoms with E-state index in [1.807, 2.05) is 11.8 Å². The van der Waals surface area contributed by atoms with Crippen LogP contribution < -0.4 is 9.80 Å². The molecule has 3 heterocycles. The van der Waals surface area contributed by atoms with Crippen LogP contribution >= 0.6 is 0 Å². The molecule has 1 saturated heterocycles. The van der Waals surface area contributed by atoms with E-state index in [2.05, 4.69) is 15.1 Å². The summed E-state index contributed by atoms with van der Waals surface area (Å²) in [6, 6.07) is 9.52. The molecule has 0 spiro atoms. The number of hydrogen-bond donors (Lipinski definition) is 3. The Kier molecular flexibility index (Phi) is 6.33. The highest BCUT2D eigenvalue weighted by Gasteiger charge is 2.32. The molecular formula is C25H26FN5O5. The lowest BCUT2D eigenvalue weighted by Gasteiger charge is -2.37. The average Bonchev–Trinajstić information content (AvgIpc) is 3.33. The quantitative estimate of drug-likeness (QED) is 0.470. The standard InChI is InChI=1S/C25H26FN5O5/c1-2-30-13-18(25(34)35)23(33)17-11-19(26)21(12-20(17)30)31-8-6-29(7-9-31)14-22-27-28-24(36-22)15-4-3-5-16(32)10-15/h3-5,10-13,23,32-33H,2,6-9,14H2,1H3,(H,34,35). The Balaban J connectivity index is 1.27. The topological polar surface area (TPSA) is 126 Å². The fourth-order valence-corrected chi connectivity index (χ4v) is 4.60. The molecule has 11 heteroatoms. The van der Waals surface area contributed by atoms with Crippen molar-refractivity contribution in [3.63, 3.8) is 0 Å². The Hall–Kier alpha value is -3.96. The fraction of sp³-hybridized carbons (Fsp3) is 0.320. The van der Waals surface area contributed by atoms with E-state index in [-0.39, 0.29) is 16.9 Å². The summed E-state index contributed by atoms with van der Waals surface area (Å²) in [6.45, 7) is 5.20. The minimum absolute atomic E-state index is 0.118. The molecule has 1 unspecified atom stereocenters. The number of anilines is 2. The third kappa shape index (κ3) is 4.50. The van der Waals surface area contributed by atoms with Crippen LogP contribution in [0, 0.1) is 5.82 Å². The van der Waals surface area contributed by atoms with E-state index in [4.69, 9.17) is 4.42 Å². The minimum Gasteiger partial charge on any atom is -0.508 e. The predicted molar refractivity (Wildman–Crippen MR) is 129 cm³/mol. The highest BCUT2D eigenvalue weighted by molar-refractivity contribution is 5.91. The molecule has 2 aromatic carbocycles. The Morgan fingerprint density at radius 3 is 2.61 bits per heavy atom. The molecule has 2 aliphatic heterocycles. The molecule has 10 nitrogen and oxygen atoms in total. The number of halogens is 1. The molecule has 0 bridgehead atoms. The van der Waals surface area contributed by atoms with Crippen LogP contribution in [0.4, 0.5) is 15.8 Å². The maximum Gasteiger partial charge on any atom is 0.336 e. The minimum atomic E-state index is -1.39. The van der Waals surface area contributed by atoms with E-state index in [9.17, 15) is 20.1 Å². The summed E-state index contributed by atoms with van der Waals surface area (Å²) in [7, 11) is 0. The molecule has 1 aromatic heterocycles. The molecule has 36 heavy (non-hydrogen) atoms. The van der Waals surface area contributed by atoms with Gasteiger partial charge >= 0.3 is 5.97 Å². The van der Waals surface area contributed by atoms with Gasteiger partial charge in [-0.2, -0.15) is 0 Å². The van der Waals surface area contributed by atoms with Crippen molar-refractivity contribution in [3.05, 3.63) is 65.4 Å². The third-order valence-electron chi connectivity index (χ3n) is 6.51. The molecule has 188 valence electrons. The Labute approximate surface area is 206 Å². The number of aromatic nitrogens is 2. The monoisotopic (exact) mass is 495 g/mol. The number of aliphatic hydroxyl groups excluding tert-OH is 1. The zero-order valence-corrected chi connectivity index (χ0v) is 19.6. The molecule has 3 N–H and O–H groups in total. The van der Waals surface area contributed by atoms with Gasteiger partial charge in [-0.05, 0) is 37.3 Å². The normalized spacial score (nSPS) is 18.2. The zero-order valence-electron chi connectivity index (χ0n) is 19.6. The lowest BCUT2D eigenvalue weighted by Crippen LogP contribution is -2.46. The Bertz CT molecular complexity index is 1320. The van der Waals surface area contributed by atoms with Crippen LogP contribution in [0.5, 0.6) is 5.75 Å². The van der Waals surface area contributed by atoms with E-state index >= 15 is 4.39 Å². The number of fused-ring (bicyclic) bond motifs is 1. The summed E-state index contributed by atoms with van der Waals surface area (Å²) < 4.78 is 20.9. The van der Waals surface area contributed by atoms with Crippen molar-refractivity contribution in [1.29, 1.82) is 0 Å². The SMILES string of the molecule is CCN1C=C(C(=O)O)C(O)c2cc(F)c(N3CCN(Cc4nnc(-c5cccc(O)c5)o4)CC3)cc21. The number of hydrogen-bond acceptors (Lipinski definition) is 9. The number of rotatable bonds is 6. The highest BCUT2D eigenvalue weighted by Crippen LogP contribution is 2.40. The second-order valence-corrected chi connectivity index (χ2v) is 8.76. The molecule has 0 radical (unpaired) electrons. The van der Waals surface area contributed by atoms with Gasteiger partial charge in [-0.1, -0.05) is 6.07 Å². The van der Waals surface area contributed by atoms with Crippen LogP contribution in [0.15, 0.2) is 52.6 Å². The van der Waals surface area contributed by atoms with Crippen LogP contribution in [0.25, 0.3) is 11.5 Å². The van der Waals surface area contributed by atoms with Crippen molar-refractivity contribution < 1.29 is 28.9 Å². The lowest BCUT2D eigenvalue weighted by atomic mass is 9.95. The molecule has 0 saturated carbocycles. The van der Waals surface area contributed by atoms with Crippen molar-refractivity contribution in [2.75, 3.05) is 42.5 Å². The summed E-state index contributed by atoms with van der Waals surface area (Å²) in [5.74, 6) is -0.833. The van der Waals surface area contributed by atoms with Crippen LogP contribution in [-0.2, 0) is 11.3 Å². The van der Waals surface area contributed by atoms with Gasteiger partial charge in [0.2, 0.25) is 11.8 Å². The summed E-state index contributed by atoms with van der Waals surface area (Å²) in [5, 5.41) is 37.7. The molecular weight excluding hydrogens is 469 g/mol. The van der Waals surface area contributed by atoms with Gasteiger partial charge in [-0.25, -0.2) is 9.18 Å². The van der Waals surface area contributed by atoms with Gasteiger partial charge in [-0.15, -0.1) is 10.2 Å². The molecule has 0 aliphatic carbocycles. The lowest BCUT2D eigenvalue weighted by molar-refractivity contribution is -0.133. The van der Waals surface area contributed by atoms with Gasteiger partial charge in [0.05, 0.1) is 17.8 Å². The zero-order chi connectivity index (χ0) is 25.4. The fourth-order valence-electron chi connectivity index (χ4n) is 4.60. The number of aromatic hydroxyl groups is 1. The first-order chi connectivity index (χ1) is 17.3. The maximum atomic E-state index is 15.1. The first-order valence-corrected chi connectivity index (χ1v) is 11.7. The molecule has 1 fully saturated rings. The maximum absolute atomic E-state index is 15.1. The Morgan fingerprint density at radius 1 is 1.14 bits per heavy atom. The van der Waals surface area contributed by atoms with Gasteiger partial charge in [0.15, 0.2) is 0 Å². The number of benzene rings is 2. The van der Waals surface area contributed by atoms with Crippen molar-refractivity contribution in [2.45, 2.75) is 19.6 Å². The van der Waals surface area contributed by atoms with Gasteiger partial charge in [-0.3, -0.25) is 4.90 Å². The number of carbonyl (C=O) groups is 1. The van der Waals surface area contributed by atoms with Gasteiger partial charge < -0.3 is 29.5 Å². The molecule has 2 aliphatic rings. The highest BCUT2D eigenvalue weighted by atomic mass is 19.1. The number of phenols is 1. The summed E-state index contributed by atoms with van der Waals surface area (Å²) in [5.41, 5.74) is 1.71. The molecule has 1 atom stereocenters. The number of aliphatic hydroxyl groups is 1. The third-order valence-corrected chi connectivity index (χ3v) is 6.51. The first kappa shape index (κ1) is 23.8. The van der Waals surface area contributed by atoms with Crippen LogP contribution in [0.2, 0.25) is 0 Å². The molecule has 5 rings (SSSR count). The molecule has 0 amide bonds. The smallest absolute Gasteiger partial charge is 0.336 e. The number of piperazine rings is 1.